The van der Waals surface area contributed by atoms with E-state index in [2.05, 4.69) is 20.2 Å². The number of H-pyrrole nitrogens is 1. The molecule has 9 heteroatoms. The molecule has 0 aliphatic heterocycles. The van der Waals surface area contributed by atoms with Crippen LogP contribution in [0.15, 0.2) is 63.2 Å². The van der Waals surface area contributed by atoms with Gasteiger partial charge in [0.15, 0.2) is 12.8 Å². The standard InChI is InChI=1S/C19H17N5O4/c1-12(17-15-4-2-3-5-16(15)18(25)23-22-17)19(26)24(6-13-8-27-10-20-13)7-14-9-28-11-21-14/h2-5,8-12H,6-7H2,1H3,(H,23,25). The summed E-state index contributed by atoms with van der Waals surface area (Å²) in [5.74, 6) is -0.781. The second-order valence-electron chi connectivity index (χ2n) is 6.36. The Hall–Kier alpha value is -3.75. The Bertz CT molecular complexity index is 1100. The Morgan fingerprint density at radius 3 is 2.25 bits per heavy atom. The van der Waals surface area contributed by atoms with Crippen molar-refractivity contribution >= 4 is 16.7 Å². The number of nitrogens with one attached hydrogen (secondary N) is 1. The summed E-state index contributed by atoms with van der Waals surface area (Å²) in [5, 5.41) is 7.77. The minimum atomic E-state index is -0.597. The second kappa shape index (κ2) is 7.47. The molecule has 142 valence electrons. The average molecular weight is 379 g/mol. The fraction of sp³-hybridized carbons (Fsp3) is 0.211. The van der Waals surface area contributed by atoms with Gasteiger partial charge < -0.3 is 13.7 Å². The van der Waals surface area contributed by atoms with Crippen LogP contribution >= 0.6 is 0 Å². The largest absolute Gasteiger partial charge is 0.451 e. The van der Waals surface area contributed by atoms with Crippen molar-refractivity contribution in [3.63, 3.8) is 0 Å². The molecule has 28 heavy (non-hydrogen) atoms. The summed E-state index contributed by atoms with van der Waals surface area (Å²) in [7, 11) is 0. The fourth-order valence-electron chi connectivity index (χ4n) is 3.09. The third kappa shape index (κ3) is 3.41. The topological polar surface area (TPSA) is 118 Å². The SMILES string of the molecule is CC(C(=O)N(Cc1cocn1)Cc1cocn1)c1n[nH]c(=O)c2ccccc12. The van der Waals surface area contributed by atoms with Gasteiger partial charge in [-0.1, -0.05) is 18.2 Å². The van der Waals surface area contributed by atoms with Gasteiger partial charge >= 0.3 is 0 Å². The van der Waals surface area contributed by atoms with Gasteiger partial charge in [0.05, 0.1) is 41.5 Å². The molecular formula is C19H17N5O4. The van der Waals surface area contributed by atoms with E-state index in [-0.39, 0.29) is 24.6 Å². The van der Waals surface area contributed by atoms with Gasteiger partial charge in [-0.15, -0.1) is 0 Å². The number of aromatic nitrogens is 4. The number of benzene rings is 1. The van der Waals surface area contributed by atoms with Crippen LogP contribution in [0.2, 0.25) is 0 Å². The first kappa shape index (κ1) is 17.7. The first-order valence-corrected chi connectivity index (χ1v) is 8.63. The van der Waals surface area contributed by atoms with E-state index in [0.717, 1.165) is 0 Å². The lowest BCUT2D eigenvalue weighted by Crippen LogP contribution is -2.34. The summed E-state index contributed by atoms with van der Waals surface area (Å²) in [5.41, 5.74) is 1.44. The summed E-state index contributed by atoms with van der Waals surface area (Å²) < 4.78 is 10.0. The Kier molecular flexibility index (Phi) is 4.71. The molecular weight excluding hydrogens is 362 g/mol. The van der Waals surface area contributed by atoms with Crippen molar-refractivity contribution < 1.29 is 13.6 Å². The second-order valence-corrected chi connectivity index (χ2v) is 6.36. The van der Waals surface area contributed by atoms with Crippen molar-refractivity contribution in [1.29, 1.82) is 0 Å². The van der Waals surface area contributed by atoms with Gasteiger partial charge in [-0.3, -0.25) is 9.59 Å². The molecule has 0 aliphatic carbocycles. The monoisotopic (exact) mass is 379 g/mol. The zero-order valence-corrected chi connectivity index (χ0v) is 15.0. The van der Waals surface area contributed by atoms with E-state index in [1.165, 1.54) is 25.3 Å². The quantitative estimate of drug-likeness (QED) is 0.546. The molecule has 0 radical (unpaired) electrons. The summed E-state index contributed by atoms with van der Waals surface area (Å²) in [6, 6.07) is 7.08. The third-order valence-electron chi connectivity index (χ3n) is 4.49. The van der Waals surface area contributed by atoms with Gasteiger partial charge in [0, 0.05) is 5.39 Å². The van der Waals surface area contributed by atoms with Crippen molar-refractivity contribution in [3.05, 3.63) is 77.0 Å². The Morgan fingerprint density at radius 1 is 1.07 bits per heavy atom. The van der Waals surface area contributed by atoms with Crippen LogP contribution in [0.1, 0.15) is 29.9 Å². The predicted molar refractivity (Wildman–Crippen MR) is 98.0 cm³/mol. The summed E-state index contributed by atoms with van der Waals surface area (Å²) in [6.07, 6.45) is 5.60. The Labute approximate surface area is 159 Å². The molecule has 3 heterocycles. The predicted octanol–water partition coefficient (Wildman–Crippen LogP) is 2.23. The molecule has 0 saturated heterocycles. The van der Waals surface area contributed by atoms with Gasteiger partial charge in [-0.05, 0) is 13.0 Å². The van der Waals surface area contributed by atoms with Crippen molar-refractivity contribution in [2.24, 2.45) is 0 Å². The lowest BCUT2D eigenvalue weighted by molar-refractivity contribution is -0.133. The van der Waals surface area contributed by atoms with Crippen LogP contribution < -0.4 is 5.56 Å². The van der Waals surface area contributed by atoms with E-state index < -0.39 is 5.92 Å². The van der Waals surface area contributed by atoms with Crippen LogP contribution in [0.25, 0.3) is 10.8 Å². The van der Waals surface area contributed by atoms with Crippen LogP contribution in [-0.4, -0.2) is 31.0 Å². The minimum absolute atomic E-state index is 0.185. The highest BCUT2D eigenvalue weighted by atomic mass is 16.3. The summed E-state index contributed by atoms with van der Waals surface area (Å²) in [6.45, 7) is 2.25. The number of hydrogen-bond donors (Lipinski definition) is 1. The van der Waals surface area contributed by atoms with Crippen LogP contribution in [0.4, 0.5) is 0 Å². The number of carbonyl (C=O) groups excluding carboxylic acids is 1. The Balaban J connectivity index is 1.68. The molecule has 1 unspecified atom stereocenters. The van der Waals surface area contributed by atoms with Gasteiger partial charge in [-0.25, -0.2) is 15.1 Å². The Morgan fingerprint density at radius 2 is 1.68 bits per heavy atom. The molecule has 4 rings (SSSR count). The van der Waals surface area contributed by atoms with Gasteiger partial charge in [0.25, 0.3) is 5.56 Å². The normalized spacial score (nSPS) is 12.2. The maximum atomic E-state index is 13.3. The molecule has 0 fully saturated rings. The molecule has 1 N–H and O–H groups in total. The number of amides is 1. The van der Waals surface area contributed by atoms with Crippen molar-refractivity contribution in [2.45, 2.75) is 25.9 Å². The average Bonchev–Trinajstić information content (AvgIpc) is 3.41. The van der Waals surface area contributed by atoms with Crippen molar-refractivity contribution in [1.82, 2.24) is 25.1 Å². The van der Waals surface area contributed by atoms with E-state index in [9.17, 15) is 9.59 Å². The highest BCUT2D eigenvalue weighted by molar-refractivity contribution is 5.91. The van der Waals surface area contributed by atoms with Gasteiger partial charge in [0.1, 0.15) is 12.5 Å². The zero-order chi connectivity index (χ0) is 19.5. The maximum Gasteiger partial charge on any atom is 0.272 e. The molecule has 0 bridgehead atoms. The lowest BCUT2D eigenvalue weighted by atomic mass is 10.00. The van der Waals surface area contributed by atoms with E-state index in [4.69, 9.17) is 8.83 Å². The molecule has 4 aromatic rings. The molecule has 1 atom stereocenters. The first-order chi connectivity index (χ1) is 13.6. The number of oxazole rings is 2. The third-order valence-corrected chi connectivity index (χ3v) is 4.49. The maximum absolute atomic E-state index is 13.3. The fourth-order valence-corrected chi connectivity index (χ4v) is 3.09. The molecule has 9 nitrogen and oxygen atoms in total. The van der Waals surface area contributed by atoms with E-state index in [1.54, 1.807) is 30.0 Å². The smallest absolute Gasteiger partial charge is 0.272 e. The number of fused-ring (bicyclic) bond motifs is 1. The van der Waals surface area contributed by atoms with Gasteiger partial charge in [-0.2, -0.15) is 5.10 Å². The number of rotatable bonds is 6. The number of hydrogen-bond acceptors (Lipinski definition) is 7. The molecule has 0 spiro atoms. The molecule has 0 saturated carbocycles. The molecule has 1 amide bonds. The van der Waals surface area contributed by atoms with Crippen LogP contribution in [0.5, 0.6) is 0 Å². The number of nitrogens with zero attached hydrogens (tertiary/aromatic N) is 4. The summed E-state index contributed by atoms with van der Waals surface area (Å²) in [4.78, 5) is 35.1. The van der Waals surface area contributed by atoms with E-state index in [1.807, 2.05) is 6.07 Å². The molecule has 0 aliphatic rings. The minimum Gasteiger partial charge on any atom is -0.451 e. The van der Waals surface area contributed by atoms with Crippen LogP contribution in [0, 0.1) is 0 Å². The van der Waals surface area contributed by atoms with E-state index in [0.29, 0.717) is 27.9 Å². The molecule has 1 aromatic carbocycles. The highest BCUT2D eigenvalue weighted by Gasteiger charge is 2.26. The van der Waals surface area contributed by atoms with Crippen LogP contribution in [0.3, 0.4) is 0 Å². The highest BCUT2D eigenvalue weighted by Crippen LogP contribution is 2.24. The van der Waals surface area contributed by atoms with Gasteiger partial charge in [0.2, 0.25) is 5.91 Å². The van der Waals surface area contributed by atoms with Crippen molar-refractivity contribution in [2.75, 3.05) is 0 Å². The molecule has 3 aromatic heterocycles. The summed E-state index contributed by atoms with van der Waals surface area (Å²) >= 11 is 0. The lowest BCUT2D eigenvalue weighted by Gasteiger charge is -2.24. The first-order valence-electron chi connectivity index (χ1n) is 8.63. The van der Waals surface area contributed by atoms with E-state index >= 15 is 0 Å². The van der Waals surface area contributed by atoms with Crippen LogP contribution in [-0.2, 0) is 17.9 Å². The number of carbonyl (C=O) groups is 1. The zero-order valence-electron chi connectivity index (χ0n) is 15.0. The van der Waals surface area contributed by atoms with Crippen molar-refractivity contribution in [3.8, 4) is 0 Å². The number of aromatic amines is 1.